The van der Waals surface area contributed by atoms with E-state index >= 15 is 0 Å². The molecule has 1 fully saturated rings. The lowest BCUT2D eigenvalue weighted by atomic mass is 10.3. The van der Waals surface area contributed by atoms with Crippen LogP contribution in [0.15, 0.2) is 12.1 Å². The predicted molar refractivity (Wildman–Crippen MR) is 66.9 cm³/mol. The number of halogens is 2. The first-order valence-corrected chi connectivity index (χ1v) is 6.78. The quantitative estimate of drug-likeness (QED) is 0.763. The Morgan fingerprint density at radius 2 is 2.00 bits per heavy atom. The number of nitrogens with zero attached hydrogens (tertiary/aromatic N) is 2. The zero-order valence-electron chi connectivity index (χ0n) is 8.25. The van der Waals surface area contributed by atoms with E-state index in [2.05, 4.69) is 9.88 Å². The molecule has 0 atom stereocenters. The Balaban J connectivity index is 2.05. The first-order chi connectivity index (χ1) is 7.25. The number of aromatic nitrogens is 1. The normalized spacial score (nSPS) is 18.0. The van der Waals surface area contributed by atoms with Crippen molar-refractivity contribution in [2.45, 2.75) is 6.54 Å². The van der Waals surface area contributed by atoms with Crippen molar-refractivity contribution in [1.29, 1.82) is 0 Å². The molecule has 0 aliphatic carbocycles. The molecule has 0 bridgehead atoms. The second-order valence-electron chi connectivity index (χ2n) is 3.45. The molecule has 0 spiro atoms. The van der Waals surface area contributed by atoms with Gasteiger partial charge in [-0.2, -0.15) is 11.8 Å². The van der Waals surface area contributed by atoms with E-state index < -0.39 is 0 Å². The van der Waals surface area contributed by atoms with Gasteiger partial charge in [0.05, 0.1) is 10.7 Å². The maximum Gasteiger partial charge on any atom is 0.129 e. The minimum atomic E-state index is 0.515. The molecule has 1 aliphatic rings. The van der Waals surface area contributed by atoms with Crippen molar-refractivity contribution in [1.82, 2.24) is 9.88 Å². The van der Waals surface area contributed by atoms with E-state index in [1.54, 1.807) is 6.07 Å². The van der Waals surface area contributed by atoms with Crippen LogP contribution in [0.4, 0.5) is 0 Å². The van der Waals surface area contributed by atoms with Crippen molar-refractivity contribution in [3.8, 4) is 0 Å². The number of hydrogen-bond acceptors (Lipinski definition) is 3. The summed E-state index contributed by atoms with van der Waals surface area (Å²) in [5.41, 5.74) is 0.885. The van der Waals surface area contributed by atoms with Crippen LogP contribution in [0, 0.1) is 0 Å². The van der Waals surface area contributed by atoms with E-state index in [1.807, 2.05) is 17.8 Å². The van der Waals surface area contributed by atoms with E-state index in [4.69, 9.17) is 23.2 Å². The van der Waals surface area contributed by atoms with E-state index in [1.165, 1.54) is 11.5 Å². The Morgan fingerprint density at radius 3 is 2.73 bits per heavy atom. The molecule has 1 aromatic heterocycles. The van der Waals surface area contributed by atoms with Gasteiger partial charge in [-0.05, 0) is 12.1 Å². The van der Waals surface area contributed by atoms with Crippen LogP contribution < -0.4 is 0 Å². The second kappa shape index (κ2) is 5.39. The molecule has 1 aromatic rings. The lowest BCUT2D eigenvalue weighted by Crippen LogP contribution is -2.32. The first-order valence-electron chi connectivity index (χ1n) is 4.87. The third-order valence-corrected chi connectivity index (χ3v) is 3.86. The standard InChI is InChI=1S/C10H12Cl2N2S/c11-8-1-2-10(12)13-9(8)7-14-3-5-15-6-4-14/h1-2H,3-7H2. The smallest absolute Gasteiger partial charge is 0.129 e. The molecular weight excluding hydrogens is 251 g/mol. The molecule has 5 heteroatoms. The van der Waals surface area contributed by atoms with Crippen LogP contribution in [0.25, 0.3) is 0 Å². The summed E-state index contributed by atoms with van der Waals surface area (Å²) >= 11 is 13.9. The number of thioether (sulfide) groups is 1. The van der Waals surface area contributed by atoms with Gasteiger partial charge in [0.15, 0.2) is 0 Å². The predicted octanol–water partition coefficient (Wildman–Crippen LogP) is 2.94. The molecule has 1 saturated heterocycles. The van der Waals surface area contributed by atoms with Crippen molar-refractivity contribution in [2.24, 2.45) is 0 Å². The van der Waals surface area contributed by atoms with E-state index in [9.17, 15) is 0 Å². The molecule has 0 amide bonds. The minimum Gasteiger partial charge on any atom is -0.296 e. The van der Waals surface area contributed by atoms with Crippen molar-refractivity contribution < 1.29 is 0 Å². The highest BCUT2D eigenvalue weighted by atomic mass is 35.5. The molecule has 1 aliphatic heterocycles. The van der Waals surface area contributed by atoms with Crippen LogP contribution in [0.5, 0.6) is 0 Å². The van der Waals surface area contributed by atoms with Crippen LogP contribution in [0.1, 0.15) is 5.69 Å². The molecule has 2 heterocycles. The number of rotatable bonds is 2. The maximum absolute atomic E-state index is 6.06. The monoisotopic (exact) mass is 262 g/mol. The summed E-state index contributed by atoms with van der Waals surface area (Å²) in [7, 11) is 0. The average Bonchev–Trinajstić information content (AvgIpc) is 2.25. The fraction of sp³-hybridized carbons (Fsp3) is 0.500. The van der Waals surface area contributed by atoms with Crippen molar-refractivity contribution >= 4 is 35.0 Å². The fourth-order valence-corrected chi connectivity index (χ4v) is 2.85. The van der Waals surface area contributed by atoms with Crippen LogP contribution in [0.2, 0.25) is 10.2 Å². The lowest BCUT2D eigenvalue weighted by Gasteiger charge is -2.25. The van der Waals surface area contributed by atoms with Gasteiger partial charge in [0, 0.05) is 31.1 Å². The summed E-state index contributed by atoms with van der Waals surface area (Å²) < 4.78 is 0. The highest BCUT2D eigenvalue weighted by Gasteiger charge is 2.13. The van der Waals surface area contributed by atoms with E-state index in [0.717, 1.165) is 25.3 Å². The summed E-state index contributed by atoms with van der Waals surface area (Å²) in [5, 5.41) is 1.22. The zero-order chi connectivity index (χ0) is 10.7. The number of pyridine rings is 1. The molecule has 0 N–H and O–H groups in total. The summed E-state index contributed by atoms with van der Waals surface area (Å²) in [6.45, 7) is 3.02. The van der Waals surface area contributed by atoms with Gasteiger partial charge in [-0.3, -0.25) is 4.90 Å². The maximum atomic E-state index is 6.06. The van der Waals surface area contributed by atoms with Crippen LogP contribution >= 0.6 is 35.0 Å². The number of hydrogen-bond donors (Lipinski definition) is 0. The fourth-order valence-electron chi connectivity index (χ4n) is 1.54. The van der Waals surface area contributed by atoms with E-state index in [0.29, 0.717) is 10.2 Å². The summed E-state index contributed by atoms with van der Waals surface area (Å²) in [6.07, 6.45) is 0. The third-order valence-electron chi connectivity index (χ3n) is 2.36. The Hall–Kier alpha value is 0.0400. The molecule has 0 saturated carbocycles. The highest BCUT2D eigenvalue weighted by Crippen LogP contribution is 2.20. The van der Waals surface area contributed by atoms with Gasteiger partial charge >= 0.3 is 0 Å². The first kappa shape index (κ1) is 11.5. The van der Waals surface area contributed by atoms with Crippen LogP contribution in [-0.2, 0) is 6.54 Å². The summed E-state index contributed by atoms with van der Waals surface area (Å²) in [5.74, 6) is 2.39. The second-order valence-corrected chi connectivity index (χ2v) is 5.47. The minimum absolute atomic E-state index is 0.515. The highest BCUT2D eigenvalue weighted by molar-refractivity contribution is 7.99. The van der Waals surface area contributed by atoms with Crippen molar-refractivity contribution in [3.05, 3.63) is 28.0 Å². The molecule has 0 radical (unpaired) electrons. The van der Waals surface area contributed by atoms with Gasteiger partial charge in [0.1, 0.15) is 5.15 Å². The molecule has 2 rings (SSSR count). The Kier molecular flexibility index (Phi) is 4.14. The molecule has 0 unspecified atom stereocenters. The molecule has 15 heavy (non-hydrogen) atoms. The topological polar surface area (TPSA) is 16.1 Å². The molecule has 2 nitrogen and oxygen atoms in total. The summed E-state index contributed by atoms with van der Waals surface area (Å²) in [4.78, 5) is 6.61. The lowest BCUT2D eigenvalue weighted by molar-refractivity contribution is 0.291. The third kappa shape index (κ3) is 3.25. The molecular formula is C10H12Cl2N2S. The Morgan fingerprint density at radius 1 is 1.27 bits per heavy atom. The molecule has 0 aromatic carbocycles. The van der Waals surface area contributed by atoms with E-state index in [-0.39, 0.29) is 0 Å². The van der Waals surface area contributed by atoms with Crippen LogP contribution in [0.3, 0.4) is 0 Å². The Labute approximate surface area is 104 Å². The Bertz CT molecular complexity index is 340. The van der Waals surface area contributed by atoms with Gasteiger partial charge in [0.2, 0.25) is 0 Å². The van der Waals surface area contributed by atoms with Crippen molar-refractivity contribution in [2.75, 3.05) is 24.6 Å². The van der Waals surface area contributed by atoms with Crippen LogP contribution in [-0.4, -0.2) is 34.5 Å². The summed E-state index contributed by atoms with van der Waals surface area (Å²) in [6, 6.07) is 3.53. The van der Waals surface area contributed by atoms with Gasteiger partial charge in [-0.1, -0.05) is 23.2 Å². The van der Waals surface area contributed by atoms with Gasteiger partial charge < -0.3 is 0 Å². The zero-order valence-corrected chi connectivity index (χ0v) is 10.6. The average molecular weight is 263 g/mol. The van der Waals surface area contributed by atoms with Gasteiger partial charge in [-0.15, -0.1) is 0 Å². The van der Waals surface area contributed by atoms with Crippen molar-refractivity contribution in [3.63, 3.8) is 0 Å². The van der Waals surface area contributed by atoms with Gasteiger partial charge in [-0.25, -0.2) is 4.98 Å². The largest absolute Gasteiger partial charge is 0.296 e. The molecule has 82 valence electrons. The SMILES string of the molecule is Clc1ccc(Cl)c(CN2CCSCC2)n1. The van der Waals surface area contributed by atoms with Gasteiger partial charge in [0.25, 0.3) is 0 Å².